The molecule has 27 heavy (non-hydrogen) atoms. The number of hydrogen-bond acceptors (Lipinski definition) is 1. The lowest BCUT2D eigenvalue weighted by Gasteiger charge is -2.26. The average molecular weight is 352 g/mol. The van der Waals surface area contributed by atoms with Crippen molar-refractivity contribution in [3.8, 4) is 11.3 Å². The molecule has 1 N–H and O–H groups in total. The quantitative estimate of drug-likeness (QED) is 0.465. The van der Waals surface area contributed by atoms with Gasteiger partial charge in [-0.1, -0.05) is 78.9 Å². The zero-order valence-electron chi connectivity index (χ0n) is 15.4. The van der Waals surface area contributed by atoms with Crippen LogP contribution >= 0.6 is 0 Å². The first-order valence-corrected chi connectivity index (χ1v) is 9.84. The van der Waals surface area contributed by atoms with E-state index < -0.39 is 0 Å². The maximum Gasteiger partial charge on any atom is 0.0513 e. The largest absolute Gasteiger partial charge is 0.354 e. The van der Waals surface area contributed by atoms with Gasteiger partial charge in [-0.15, -0.1) is 0 Å². The number of nitrogens with one attached hydrogen (secondary N) is 1. The van der Waals surface area contributed by atoms with Crippen molar-refractivity contribution in [3.05, 3.63) is 96.1 Å². The highest BCUT2D eigenvalue weighted by atomic mass is 15.2. The van der Waals surface area contributed by atoms with Gasteiger partial charge < -0.3 is 4.98 Å². The molecule has 134 valence electrons. The summed E-state index contributed by atoms with van der Waals surface area (Å²) in [5.74, 6) is 0. The Morgan fingerprint density at radius 2 is 1.52 bits per heavy atom. The van der Waals surface area contributed by atoms with Crippen molar-refractivity contribution in [2.75, 3.05) is 6.54 Å². The molecule has 1 aliphatic rings. The number of benzene rings is 3. The van der Waals surface area contributed by atoms with Crippen LogP contribution in [0.15, 0.2) is 84.9 Å². The molecule has 0 radical (unpaired) electrons. The normalized spacial score (nSPS) is 17.6. The summed E-state index contributed by atoms with van der Waals surface area (Å²) in [6.07, 6.45) is 2.47. The van der Waals surface area contributed by atoms with Gasteiger partial charge >= 0.3 is 0 Å². The summed E-state index contributed by atoms with van der Waals surface area (Å²) in [4.78, 5) is 6.37. The second kappa shape index (κ2) is 7.05. The van der Waals surface area contributed by atoms with E-state index >= 15 is 0 Å². The van der Waals surface area contributed by atoms with Crippen molar-refractivity contribution < 1.29 is 0 Å². The van der Waals surface area contributed by atoms with E-state index in [1.54, 1.807) is 0 Å². The van der Waals surface area contributed by atoms with Crippen LogP contribution in [0.1, 0.15) is 30.0 Å². The van der Waals surface area contributed by atoms with Gasteiger partial charge in [0.05, 0.1) is 5.69 Å². The molecular formula is C25H24N2. The van der Waals surface area contributed by atoms with Crippen LogP contribution in [0.2, 0.25) is 0 Å². The third-order valence-electron chi connectivity index (χ3n) is 5.73. The number of H-pyrrole nitrogens is 1. The minimum absolute atomic E-state index is 0.455. The molecule has 2 heterocycles. The molecule has 5 rings (SSSR count). The fourth-order valence-electron chi connectivity index (χ4n) is 4.50. The number of nitrogens with zero attached hydrogens (tertiary/aromatic N) is 1. The van der Waals surface area contributed by atoms with Crippen LogP contribution in [0, 0.1) is 0 Å². The van der Waals surface area contributed by atoms with E-state index in [1.165, 1.54) is 46.1 Å². The number of aromatic amines is 1. The summed E-state index contributed by atoms with van der Waals surface area (Å²) in [6.45, 7) is 2.17. The Hall–Kier alpha value is -2.84. The van der Waals surface area contributed by atoms with E-state index in [0.29, 0.717) is 6.04 Å². The Bertz CT molecular complexity index is 1030. The van der Waals surface area contributed by atoms with Crippen molar-refractivity contribution in [3.63, 3.8) is 0 Å². The molecule has 1 saturated heterocycles. The molecule has 0 bridgehead atoms. The minimum Gasteiger partial charge on any atom is -0.354 e. The fraction of sp³-hybridized carbons (Fsp3) is 0.200. The van der Waals surface area contributed by atoms with Crippen molar-refractivity contribution in [2.45, 2.75) is 25.4 Å². The summed E-state index contributed by atoms with van der Waals surface area (Å²) in [6, 6.07) is 30.8. The zero-order valence-corrected chi connectivity index (χ0v) is 15.4. The molecule has 1 fully saturated rings. The summed E-state index contributed by atoms with van der Waals surface area (Å²) in [5, 5.41) is 1.36. The third-order valence-corrected chi connectivity index (χ3v) is 5.73. The van der Waals surface area contributed by atoms with Crippen molar-refractivity contribution in [2.24, 2.45) is 0 Å². The molecule has 2 nitrogen and oxygen atoms in total. The Morgan fingerprint density at radius 1 is 0.815 bits per heavy atom. The molecule has 1 aliphatic heterocycles. The summed E-state index contributed by atoms with van der Waals surface area (Å²) in [7, 11) is 0. The Balaban J connectivity index is 1.61. The highest BCUT2D eigenvalue weighted by Crippen LogP contribution is 2.42. The summed E-state index contributed by atoms with van der Waals surface area (Å²) >= 11 is 0. The second-order valence-electron chi connectivity index (χ2n) is 7.44. The Labute approximate surface area is 160 Å². The van der Waals surface area contributed by atoms with Crippen LogP contribution in [0.25, 0.3) is 22.2 Å². The Morgan fingerprint density at radius 3 is 2.33 bits per heavy atom. The number of likely N-dealkylation sites (tertiary alicyclic amines) is 1. The van der Waals surface area contributed by atoms with Crippen LogP contribution < -0.4 is 0 Å². The van der Waals surface area contributed by atoms with Gasteiger partial charge in [0.2, 0.25) is 0 Å². The molecule has 0 spiro atoms. The van der Waals surface area contributed by atoms with Crippen molar-refractivity contribution >= 4 is 10.9 Å². The van der Waals surface area contributed by atoms with Gasteiger partial charge in [-0.25, -0.2) is 0 Å². The van der Waals surface area contributed by atoms with E-state index in [-0.39, 0.29) is 0 Å². The standard InChI is InChI=1S/C25H24N2/c1-3-10-19(11-4-1)18-27-17-9-16-23(27)24-21-14-7-8-15-22(21)26-25(24)20-12-5-2-6-13-20/h1-8,10-15,23,26H,9,16-18H2. The van der Waals surface area contributed by atoms with Gasteiger partial charge in [0.15, 0.2) is 0 Å². The van der Waals surface area contributed by atoms with Crippen LogP contribution in [-0.4, -0.2) is 16.4 Å². The Kier molecular flexibility index (Phi) is 4.27. The minimum atomic E-state index is 0.455. The van der Waals surface area contributed by atoms with Gasteiger partial charge in [-0.05, 0) is 36.6 Å². The number of rotatable bonds is 4. The van der Waals surface area contributed by atoms with E-state index in [1.807, 2.05) is 0 Å². The molecule has 0 amide bonds. The van der Waals surface area contributed by atoms with Gasteiger partial charge in [0, 0.05) is 29.1 Å². The first kappa shape index (κ1) is 16.3. The van der Waals surface area contributed by atoms with Gasteiger partial charge in [0.25, 0.3) is 0 Å². The van der Waals surface area contributed by atoms with E-state index in [2.05, 4.69) is 94.8 Å². The SMILES string of the molecule is c1ccc(CN2CCCC2c2c(-c3ccccc3)[nH]c3ccccc23)cc1. The molecule has 1 atom stereocenters. The lowest BCUT2D eigenvalue weighted by molar-refractivity contribution is 0.250. The predicted octanol–water partition coefficient (Wildman–Crippen LogP) is 6.17. The summed E-state index contributed by atoms with van der Waals surface area (Å²) < 4.78 is 0. The monoisotopic (exact) mass is 352 g/mol. The molecule has 1 aromatic heterocycles. The third kappa shape index (κ3) is 3.07. The molecular weight excluding hydrogens is 328 g/mol. The van der Waals surface area contributed by atoms with E-state index in [4.69, 9.17) is 0 Å². The predicted molar refractivity (Wildman–Crippen MR) is 113 cm³/mol. The first-order chi connectivity index (χ1) is 13.4. The molecule has 0 aliphatic carbocycles. The number of aromatic nitrogens is 1. The van der Waals surface area contributed by atoms with Crippen molar-refractivity contribution in [1.82, 2.24) is 9.88 Å². The van der Waals surface area contributed by atoms with Gasteiger partial charge in [-0.2, -0.15) is 0 Å². The second-order valence-corrected chi connectivity index (χ2v) is 7.44. The number of hydrogen-bond donors (Lipinski definition) is 1. The van der Waals surface area contributed by atoms with Crippen LogP contribution in [0.5, 0.6) is 0 Å². The molecule has 0 saturated carbocycles. The average Bonchev–Trinajstić information content (AvgIpc) is 3.33. The number of para-hydroxylation sites is 1. The summed E-state index contributed by atoms with van der Waals surface area (Å²) in [5.41, 5.74) is 6.64. The smallest absolute Gasteiger partial charge is 0.0513 e. The van der Waals surface area contributed by atoms with Crippen LogP contribution in [0.3, 0.4) is 0 Å². The lowest BCUT2D eigenvalue weighted by Crippen LogP contribution is -2.23. The van der Waals surface area contributed by atoms with E-state index in [9.17, 15) is 0 Å². The van der Waals surface area contributed by atoms with Gasteiger partial charge in [0.1, 0.15) is 0 Å². The lowest BCUT2D eigenvalue weighted by atomic mass is 9.97. The van der Waals surface area contributed by atoms with Gasteiger partial charge in [-0.3, -0.25) is 4.90 Å². The molecule has 2 heteroatoms. The maximum absolute atomic E-state index is 3.72. The van der Waals surface area contributed by atoms with Crippen LogP contribution in [0.4, 0.5) is 0 Å². The highest BCUT2D eigenvalue weighted by Gasteiger charge is 2.30. The topological polar surface area (TPSA) is 19.0 Å². The molecule has 4 aromatic rings. The fourth-order valence-corrected chi connectivity index (χ4v) is 4.50. The zero-order chi connectivity index (χ0) is 18.1. The van der Waals surface area contributed by atoms with Crippen molar-refractivity contribution in [1.29, 1.82) is 0 Å². The molecule has 3 aromatic carbocycles. The highest BCUT2D eigenvalue weighted by molar-refractivity contribution is 5.91. The molecule has 1 unspecified atom stereocenters. The maximum atomic E-state index is 3.72. The van der Waals surface area contributed by atoms with Crippen LogP contribution in [-0.2, 0) is 6.54 Å². The van der Waals surface area contributed by atoms with E-state index in [0.717, 1.165) is 13.1 Å². The first-order valence-electron chi connectivity index (χ1n) is 9.84. The number of fused-ring (bicyclic) bond motifs is 1.